The second-order valence-corrected chi connectivity index (χ2v) is 3.94. The lowest BCUT2D eigenvalue weighted by atomic mass is 9.87. The molecule has 0 unspecified atom stereocenters. The average Bonchev–Trinajstić information content (AvgIpc) is 2.03. The molecule has 0 aromatic rings. The van der Waals surface area contributed by atoms with Gasteiger partial charge in [0.25, 0.3) is 0 Å². The minimum atomic E-state index is -0.486. The summed E-state index contributed by atoms with van der Waals surface area (Å²) in [5.74, 6) is -0.515. The number of rotatable bonds is 2. The maximum absolute atomic E-state index is 11.4. The van der Waals surface area contributed by atoms with Crippen LogP contribution in [0.3, 0.4) is 0 Å². The molecule has 13 heavy (non-hydrogen) atoms. The lowest BCUT2D eigenvalue weighted by Crippen LogP contribution is -2.33. The molecule has 0 aliphatic heterocycles. The van der Waals surface area contributed by atoms with Crippen molar-refractivity contribution < 1.29 is 14.6 Å². The van der Waals surface area contributed by atoms with Crippen molar-refractivity contribution in [3.8, 4) is 0 Å². The Bertz CT molecular complexity index is 177. The predicted octanol–water partition coefficient (Wildman–Crippen LogP) is 1.49. The Hall–Kier alpha value is -0.570. The van der Waals surface area contributed by atoms with Gasteiger partial charge in [-0.2, -0.15) is 0 Å². The zero-order valence-corrected chi connectivity index (χ0v) is 8.32. The molecule has 1 N–H and O–H groups in total. The van der Waals surface area contributed by atoms with Crippen LogP contribution < -0.4 is 0 Å². The van der Waals surface area contributed by atoms with Crippen LogP contribution in [0.4, 0.5) is 0 Å². The Morgan fingerprint density at radius 3 is 2.54 bits per heavy atom. The predicted molar refractivity (Wildman–Crippen MR) is 49.2 cm³/mol. The van der Waals surface area contributed by atoms with Gasteiger partial charge in [0, 0.05) is 0 Å². The molecule has 1 aliphatic carbocycles. The molecule has 0 amide bonds. The van der Waals surface area contributed by atoms with Crippen molar-refractivity contribution >= 4 is 5.97 Å². The SMILES string of the molecule is CC(C)OC(=O)[C@H]1CCCC[C@@H]1O. The zero-order valence-electron chi connectivity index (χ0n) is 8.32. The molecule has 1 rings (SSSR count). The van der Waals surface area contributed by atoms with Crippen molar-refractivity contribution in [3.05, 3.63) is 0 Å². The Kier molecular flexibility index (Phi) is 3.72. The highest BCUT2D eigenvalue weighted by molar-refractivity contribution is 5.73. The minimum Gasteiger partial charge on any atom is -0.463 e. The quantitative estimate of drug-likeness (QED) is 0.664. The molecule has 76 valence electrons. The number of carbonyl (C=O) groups excluding carboxylic acids is 1. The normalized spacial score (nSPS) is 28.9. The van der Waals surface area contributed by atoms with Gasteiger partial charge in [-0.15, -0.1) is 0 Å². The van der Waals surface area contributed by atoms with Gasteiger partial charge >= 0.3 is 5.97 Å². The molecule has 1 fully saturated rings. The molecule has 1 saturated carbocycles. The molecule has 2 atom stereocenters. The molecule has 3 nitrogen and oxygen atoms in total. The monoisotopic (exact) mass is 186 g/mol. The molecule has 0 aromatic heterocycles. The first-order chi connectivity index (χ1) is 6.11. The van der Waals surface area contributed by atoms with E-state index in [-0.39, 0.29) is 18.0 Å². The van der Waals surface area contributed by atoms with Crippen LogP contribution in [0, 0.1) is 5.92 Å². The third-order valence-corrected chi connectivity index (χ3v) is 2.38. The van der Waals surface area contributed by atoms with Crippen LogP contribution in [-0.4, -0.2) is 23.3 Å². The van der Waals surface area contributed by atoms with E-state index in [0.29, 0.717) is 0 Å². The van der Waals surface area contributed by atoms with Gasteiger partial charge in [0.1, 0.15) is 0 Å². The van der Waals surface area contributed by atoms with Crippen molar-refractivity contribution in [2.75, 3.05) is 0 Å². The van der Waals surface area contributed by atoms with E-state index in [4.69, 9.17) is 4.74 Å². The average molecular weight is 186 g/mol. The highest BCUT2D eigenvalue weighted by Crippen LogP contribution is 2.25. The Labute approximate surface area is 79.1 Å². The summed E-state index contributed by atoms with van der Waals surface area (Å²) < 4.78 is 5.06. The maximum Gasteiger partial charge on any atom is 0.311 e. The van der Waals surface area contributed by atoms with Crippen LogP contribution in [0.1, 0.15) is 39.5 Å². The first-order valence-corrected chi connectivity index (χ1v) is 5.00. The number of aliphatic hydroxyl groups is 1. The van der Waals surface area contributed by atoms with Gasteiger partial charge in [0.15, 0.2) is 0 Å². The molecule has 0 radical (unpaired) electrons. The first kappa shape index (κ1) is 10.5. The second-order valence-electron chi connectivity index (χ2n) is 3.94. The molecule has 0 aromatic carbocycles. The van der Waals surface area contributed by atoms with Crippen molar-refractivity contribution in [1.82, 2.24) is 0 Å². The summed E-state index contributed by atoms with van der Waals surface area (Å²) in [6.45, 7) is 3.65. The van der Waals surface area contributed by atoms with Gasteiger partial charge in [0.2, 0.25) is 0 Å². The molecule has 1 aliphatic rings. The van der Waals surface area contributed by atoms with E-state index in [1.807, 2.05) is 13.8 Å². The topological polar surface area (TPSA) is 46.5 Å². The van der Waals surface area contributed by atoms with Crippen molar-refractivity contribution in [1.29, 1.82) is 0 Å². The largest absolute Gasteiger partial charge is 0.463 e. The lowest BCUT2D eigenvalue weighted by Gasteiger charge is -2.26. The van der Waals surface area contributed by atoms with Crippen molar-refractivity contribution in [2.45, 2.75) is 51.7 Å². The highest BCUT2D eigenvalue weighted by Gasteiger charge is 2.30. The number of esters is 1. The summed E-state index contributed by atoms with van der Waals surface area (Å²) in [6, 6.07) is 0. The van der Waals surface area contributed by atoms with Gasteiger partial charge in [0.05, 0.1) is 18.1 Å². The second kappa shape index (κ2) is 4.61. The van der Waals surface area contributed by atoms with Gasteiger partial charge in [-0.1, -0.05) is 12.8 Å². The van der Waals surface area contributed by atoms with E-state index in [1.54, 1.807) is 0 Å². The van der Waals surface area contributed by atoms with Crippen molar-refractivity contribution in [2.24, 2.45) is 5.92 Å². The summed E-state index contributed by atoms with van der Waals surface area (Å²) in [4.78, 5) is 11.4. The molecule has 0 saturated heterocycles. The summed E-state index contributed by atoms with van der Waals surface area (Å²) in [6.07, 6.45) is 2.98. The molecule has 3 heteroatoms. The number of ether oxygens (including phenoxy) is 1. The summed E-state index contributed by atoms with van der Waals surface area (Å²) in [5.41, 5.74) is 0. The fourth-order valence-corrected chi connectivity index (χ4v) is 1.71. The smallest absolute Gasteiger partial charge is 0.311 e. The Balaban J connectivity index is 2.44. The van der Waals surface area contributed by atoms with Gasteiger partial charge in [-0.3, -0.25) is 4.79 Å². The number of hydrogen-bond acceptors (Lipinski definition) is 3. The number of carbonyl (C=O) groups is 1. The van der Waals surface area contributed by atoms with Crippen LogP contribution in [0.5, 0.6) is 0 Å². The van der Waals surface area contributed by atoms with Gasteiger partial charge in [-0.05, 0) is 26.7 Å². The maximum atomic E-state index is 11.4. The van der Waals surface area contributed by atoms with E-state index in [2.05, 4.69) is 0 Å². The Morgan fingerprint density at radius 1 is 1.38 bits per heavy atom. The molecule has 0 bridgehead atoms. The molecule has 0 heterocycles. The van der Waals surface area contributed by atoms with E-state index in [0.717, 1.165) is 25.7 Å². The summed E-state index contributed by atoms with van der Waals surface area (Å²) in [7, 11) is 0. The molecular weight excluding hydrogens is 168 g/mol. The summed E-state index contributed by atoms with van der Waals surface area (Å²) in [5, 5.41) is 9.55. The van der Waals surface area contributed by atoms with E-state index in [1.165, 1.54) is 0 Å². The zero-order chi connectivity index (χ0) is 9.84. The number of aliphatic hydroxyl groups excluding tert-OH is 1. The standard InChI is InChI=1S/C10H18O3/c1-7(2)13-10(12)8-5-3-4-6-9(8)11/h7-9,11H,3-6H2,1-2H3/t8-,9-/m0/s1. The van der Waals surface area contributed by atoms with Crippen LogP contribution in [-0.2, 0) is 9.53 Å². The Morgan fingerprint density at radius 2 is 2.00 bits per heavy atom. The number of hydrogen-bond donors (Lipinski definition) is 1. The molecule has 0 spiro atoms. The van der Waals surface area contributed by atoms with E-state index in [9.17, 15) is 9.90 Å². The highest BCUT2D eigenvalue weighted by atomic mass is 16.5. The third-order valence-electron chi connectivity index (χ3n) is 2.38. The van der Waals surface area contributed by atoms with Gasteiger partial charge in [-0.25, -0.2) is 0 Å². The third kappa shape index (κ3) is 2.99. The first-order valence-electron chi connectivity index (χ1n) is 5.00. The van der Waals surface area contributed by atoms with Crippen LogP contribution in [0.2, 0.25) is 0 Å². The lowest BCUT2D eigenvalue weighted by molar-refractivity contribution is -0.158. The molecular formula is C10H18O3. The van der Waals surface area contributed by atoms with Crippen LogP contribution >= 0.6 is 0 Å². The fourth-order valence-electron chi connectivity index (χ4n) is 1.71. The van der Waals surface area contributed by atoms with Crippen molar-refractivity contribution in [3.63, 3.8) is 0 Å². The van der Waals surface area contributed by atoms with E-state index < -0.39 is 6.10 Å². The van der Waals surface area contributed by atoms with Gasteiger partial charge < -0.3 is 9.84 Å². The minimum absolute atomic E-state index is 0.0818. The fraction of sp³-hybridized carbons (Fsp3) is 0.900. The van der Waals surface area contributed by atoms with E-state index >= 15 is 0 Å². The van der Waals surface area contributed by atoms with Crippen LogP contribution in [0.25, 0.3) is 0 Å². The van der Waals surface area contributed by atoms with Crippen LogP contribution in [0.15, 0.2) is 0 Å². The summed E-state index contributed by atoms with van der Waals surface area (Å²) >= 11 is 0.